The lowest BCUT2D eigenvalue weighted by atomic mass is 10.1. The number of carboxylic acid groups (broad SMARTS) is 1. The van der Waals surface area contributed by atoms with Crippen molar-refractivity contribution >= 4 is 29.2 Å². The van der Waals surface area contributed by atoms with Crippen molar-refractivity contribution in [1.82, 2.24) is 9.97 Å². The van der Waals surface area contributed by atoms with E-state index < -0.39 is 18.3 Å². The molecule has 12 nitrogen and oxygen atoms in total. The van der Waals surface area contributed by atoms with E-state index in [1.54, 1.807) is 12.1 Å². The molecule has 2 fully saturated rings. The van der Waals surface area contributed by atoms with Gasteiger partial charge in [0.05, 0.1) is 25.4 Å². The molecular weight excluding hydrogens is 506 g/mol. The topological polar surface area (TPSA) is 144 Å². The third-order valence-electron chi connectivity index (χ3n) is 6.12. The van der Waals surface area contributed by atoms with Crippen LogP contribution in [0.25, 0.3) is 11.4 Å². The minimum absolute atomic E-state index is 0.137. The maximum Gasteiger partial charge on any atom is 0.335 e. The Labute approximate surface area is 224 Å². The standard InChI is InChI=1S/C27H29N5O7/c1-3-37-22-21(26-38-16(2)39-26)30-23(31-24(22)32-12-14-36-15-13-32)17-4-8-19(9-5-17)28-27(35)29-20-10-6-18(7-11-20)25(33)34/h4-11,16,26H,3,12-15H2,1-2H3,(H,33,34)(H2,28,29,35). The molecule has 39 heavy (non-hydrogen) atoms. The summed E-state index contributed by atoms with van der Waals surface area (Å²) in [6.07, 6.45) is -0.987. The SMILES string of the molecule is CCOc1c(C2OC(C)O2)nc(-c2ccc(NC(=O)Nc3ccc(C(=O)O)cc3)cc2)nc1N1CCOCC1. The van der Waals surface area contributed by atoms with Crippen LogP contribution in [0, 0.1) is 0 Å². The first-order valence-electron chi connectivity index (χ1n) is 12.6. The summed E-state index contributed by atoms with van der Waals surface area (Å²) in [5.41, 5.74) is 2.42. The van der Waals surface area contributed by atoms with Crippen molar-refractivity contribution in [3.05, 3.63) is 59.8 Å². The quantitative estimate of drug-likeness (QED) is 0.385. The molecule has 2 aliphatic heterocycles. The summed E-state index contributed by atoms with van der Waals surface area (Å²) in [4.78, 5) is 35.2. The number of nitrogens with zero attached hydrogens (tertiary/aromatic N) is 3. The molecule has 2 saturated heterocycles. The highest BCUT2D eigenvalue weighted by Gasteiger charge is 2.36. The number of aromatic carboxylic acids is 1. The fourth-order valence-electron chi connectivity index (χ4n) is 4.20. The Balaban J connectivity index is 1.36. The summed E-state index contributed by atoms with van der Waals surface area (Å²) in [7, 11) is 0. The largest absolute Gasteiger partial charge is 0.488 e. The number of carboxylic acids is 1. The van der Waals surface area contributed by atoms with Gasteiger partial charge in [0, 0.05) is 30.0 Å². The number of carbonyl (C=O) groups excluding carboxylic acids is 1. The number of carbonyl (C=O) groups is 2. The maximum atomic E-state index is 12.4. The Hall–Kier alpha value is -4.26. The van der Waals surface area contributed by atoms with Crippen LogP contribution in [0.4, 0.5) is 22.0 Å². The summed E-state index contributed by atoms with van der Waals surface area (Å²) in [5, 5.41) is 14.4. The number of rotatable bonds is 8. The van der Waals surface area contributed by atoms with E-state index in [1.165, 1.54) is 24.3 Å². The Kier molecular flexibility index (Phi) is 7.87. The highest BCUT2D eigenvalue weighted by molar-refractivity contribution is 6.00. The lowest BCUT2D eigenvalue weighted by Gasteiger charge is -2.35. The predicted molar refractivity (Wildman–Crippen MR) is 142 cm³/mol. The van der Waals surface area contributed by atoms with Gasteiger partial charge in [-0.2, -0.15) is 0 Å². The number of nitrogens with one attached hydrogen (secondary N) is 2. The van der Waals surface area contributed by atoms with E-state index in [0.29, 0.717) is 67.4 Å². The molecule has 0 bridgehead atoms. The summed E-state index contributed by atoms with van der Waals surface area (Å²) in [6, 6.07) is 12.5. The van der Waals surface area contributed by atoms with Crippen LogP contribution in [-0.2, 0) is 14.2 Å². The van der Waals surface area contributed by atoms with Crippen LogP contribution in [0.2, 0.25) is 0 Å². The molecule has 2 aliphatic rings. The van der Waals surface area contributed by atoms with E-state index in [2.05, 4.69) is 15.5 Å². The summed E-state index contributed by atoms with van der Waals surface area (Å²) >= 11 is 0. The Morgan fingerprint density at radius 1 is 1.00 bits per heavy atom. The van der Waals surface area contributed by atoms with Crippen LogP contribution in [-0.4, -0.2) is 66.3 Å². The molecule has 1 aromatic heterocycles. The van der Waals surface area contributed by atoms with Crippen LogP contribution in [0.1, 0.15) is 36.2 Å². The van der Waals surface area contributed by atoms with Crippen LogP contribution in [0.15, 0.2) is 48.5 Å². The number of ether oxygens (including phenoxy) is 4. The zero-order valence-electron chi connectivity index (χ0n) is 21.5. The molecule has 204 valence electrons. The lowest BCUT2D eigenvalue weighted by Crippen LogP contribution is -2.38. The van der Waals surface area contributed by atoms with E-state index in [1.807, 2.05) is 26.0 Å². The number of amides is 2. The predicted octanol–water partition coefficient (Wildman–Crippen LogP) is 4.11. The molecule has 0 atom stereocenters. The third-order valence-corrected chi connectivity index (χ3v) is 6.12. The second-order valence-corrected chi connectivity index (χ2v) is 8.83. The minimum Gasteiger partial charge on any atom is -0.488 e. The molecule has 2 aromatic carbocycles. The van der Waals surface area contributed by atoms with Gasteiger partial charge in [0.1, 0.15) is 5.69 Å². The van der Waals surface area contributed by atoms with Gasteiger partial charge >= 0.3 is 12.0 Å². The molecular formula is C27H29N5O7. The van der Waals surface area contributed by atoms with Gasteiger partial charge in [0.15, 0.2) is 23.7 Å². The Bertz CT molecular complexity index is 1320. The van der Waals surface area contributed by atoms with E-state index in [4.69, 9.17) is 34.0 Å². The molecule has 0 radical (unpaired) electrons. The van der Waals surface area contributed by atoms with E-state index in [0.717, 1.165) is 5.56 Å². The zero-order valence-corrected chi connectivity index (χ0v) is 21.5. The highest BCUT2D eigenvalue weighted by atomic mass is 16.9. The first-order valence-corrected chi connectivity index (χ1v) is 12.6. The molecule has 0 spiro atoms. The summed E-state index contributed by atoms with van der Waals surface area (Å²) in [5.74, 6) is 0.624. The van der Waals surface area contributed by atoms with E-state index >= 15 is 0 Å². The average Bonchev–Trinajstić information content (AvgIpc) is 2.93. The number of morpholine rings is 1. The molecule has 3 heterocycles. The fraction of sp³-hybridized carbons (Fsp3) is 0.333. The third kappa shape index (κ3) is 6.08. The Morgan fingerprint density at radius 3 is 2.18 bits per heavy atom. The molecule has 0 aliphatic carbocycles. The summed E-state index contributed by atoms with van der Waals surface area (Å²) in [6.45, 7) is 6.64. The van der Waals surface area contributed by atoms with Crippen molar-refractivity contribution in [3.63, 3.8) is 0 Å². The second-order valence-electron chi connectivity index (χ2n) is 8.83. The lowest BCUT2D eigenvalue weighted by molar-refractivity contribution is -0.384. The van der Waals surface area contributed by atoms with Crippen molar-refractivity contribution in [1.29, 1.82) is 0 Å². The number of benzene rings is 2. The van der Waals surface area contributed by atoms with Gasteiger partial charge in [-0.15, -0.1) is 0 Å². The molecule has 2 amide bonds. The molecule has 0 unspecified atom stereocenters. The number of hydrogen-bond acceptors (Lipinski definition) is 9. The average molecular weight is 536 g/mol. The van der Waals surface area contributed by atoms with Crippen LogP contribution < -0.4 is 20.3 Å². The molecule has 3 N–H and O–H groups in total. The number of hydrogen-bond donors (Lipinski definition) is 3. The van der Waals surface area contributed by atoms with E-state index in [-0.39, 0.29) is 11.9 Å². The minimum atomic E-state index is -1.03. The van der Waals surface area contributed by atoms with Crippen LogP contribution in [0.5, 0.6) is 5.75 Å². The van der Waals surface area contributed by atoms with Crippen molar-refractivity contribution in [2.75, 3.05) is 48.4 Å². The van der Waals surface area contributed by atoms with Crippen LogP contribution in [0.3, 0.4) is 0 Å². The van der Waals surface area contributed by atoms with Crippen molar-refractivity contribution < 1.29 is 33.6 Å². The van der Waals surface area contributed by atoms with Gasteiger partial charge < -0.3 is 39.6 Å². The van der Waals surface area contributed by atoms with Gasteiger partial charge in [-0.25, -0.2) is 19.6 Å². The Morgan fingerprint density at radius 2 is 1.62 bits per heavy atom. The van der Waals surface area contributed by atoms with Crippen molar-refractivity contribution in [2.45, 2.75) is 26.4 Å². The molecule has 12 heteroatoms. The zero-order chi connectivity index (χ0) is 27.4. The summed E-state index contributed by atoms with van der Waals surface area (Å²) < 4.78 is 23.0. The normalized spacial score (nSPS) is 18.7. The second kappa shape index (κ2) is 11.6. The van der Waals surface area contributed by atoms with Gasteiger partial charge in [0.25, 0.3) is 0 Å². The van der Waals surface area contributed by atoms with Crippen molar-refractivity contribution in [3.8, 4) is 17.1 Å². The fourth-order valence-corrected chi connectivity index (χ4v) is 4.20. The number of urea groups is 1. The molecule has 0 saturated carbocycles. The monoisotopic (exact) mass is 535 g/mol. The van der Waals surface area contributed by atoms with Crippen LogP contribution >= 0.6 is 0 Å². The van der Waals surface area contributed by atoms with E-state index in [9.17, 15) is 9.59 Å². The number of aromatic nitrogens is 2. The van der Waals surface area contributed by atoms with Gasteiger partial charge in [-0.3, -0.25) is 0 Å². The number of anilines is 3. The maximum absolute atomic E-state index is 12.4. The van der Waals surface area contributed by atoms with Gasteiger partial charge in [-0.1, -0.05) is 0 Å². The highest BCUT2D eigenvalue weighted by Crippen LogP contribution is 2.41. The first kappa shape index (κ1) is 26.4. The van der Waals surface area contributed by atoms with Crippen molar-refractivity contribution in [2.24, 2.45) is 0 Å². The van der Waals surface area contributed by atoms with Gasteiger partial charge in [-0.05, 0) is 62.4 Å². The van der Waals surface area contributed by atoms with Gasteiger partial charge in [0.2, 0.25) is 6.29 Å². The smallest absolute Gasteiger partial charge is 0.335 e. The first-order chi connectivity index (χ1) is 18.9. The molecule has 5 rings (SSSR count). The molecule has 3 aromatic rings.